The summed E-state index contributed by atoms with van der Waals surface area (Å²) in [6.07, 6.45) is 1.16. The lowest BCUT2D eigenvalue weighted by atomic mass is 9.96. The normalized spacial score (nSPS) is 19.4. The quantitative estimate of drug-likeness (QED) is 0.903. The van der Waals surface area contributed by atoms with Gasteiger partial charge in [-0.15, -0.1) is 0 Å². The zero-order chi connectivity index (χ0) is 13.9. The van der Waals surface area contributed by atoms with Gasteiger partial charge in [-0.25, -0.2) is 0 Å². The molecule has 0 radical (unpaired) electrons. The molecule has 0 spiro atoms. The lowest BCUT2D eigenvalue weighted by Crippen LogP contribution is -2.37. The summed E-state index contributed by atoms with van der Waals surface area (Å²) in [5.74, 6) is 0. The van der Waals surface area contributed by atoms with E-state index in [-0.39, 0.29) is 5.60 Å². The molecule has 0 saturated heterocycles. The van der Waals surface area contributed by atoms with Crippen LogP contribution in [0.2, 0.25) is 0 Å². The van der Waals surface area contributed by atoms with E-state index in [2.05, 4.69) is 55.3 Å². The van der Waals surface area contributed by atoms with Crippen molar-refractivity contribution in [3.8, 4) is 0 Å². The first-order chi connectivity index (χ1) is 9.01. The van der Waals surface area contributed by atoms with Crippen molar-refractivity contribution in [2.24, 2.45) is 0 Å². The van der Waals surface area contributed by atoms with Gasteiger partial charge in [-0.05, 0) is 45.9 Å². The first kappa shape index (κ1) is 14.4. The predicted molar refractivity (Wildman–Crippen MR) is 80.8 cm³/mol. The second-order valence-corrected chi connectivity index (χ2v) is 6.14. The van der Waals surface area contributed by atoms with Gasteiger partial charge >= 0.3 is 0 Å². The van der Waals surface area contributed by atoms with E-state index in [0.717, 1.165) is 26.1 Å². The number of nitrogens with zero attached hydrogens (tertiary/aromatic N) is 1. The third-order valence-electron chi connectivity index (χ3n) is 3.59. The van der Waals surface area contributed by atoms with Crippen molar-refractivity contribution in [2.45, 2.75) is 38.8 Å². The zero-order valence-corrected chi connectivity index (χ0v) is 12.6. The van der Waals surface area contributed by atoms with Crippen LogP contribution in [0, 0.1) is 0 Å². The zero-order valence-electron chi connectivity index (χ0n) is 12.6. The van der Waals surface area contributed by atoms with Gasteiger partial charge in [0.15, 0.2) is 0 Å². The molecule has 1 unspecified atom stereocenters. The molecule has 3 heteroatoms. The molecule has 1 aromatic rings. The summed E-state index contributed by atoms with van der Waals surface area (Å²) in [7, 11) is 2.04. The highest BCUT2D eigenvalue weighted by Crippen LogP contribution is 2.33. The van der Waals surface area contributed by atoms with Gasteiger partial charge in [0.2, 0.25) is 0 Å². The number of ether oxygens (including phenoxy) is 1. The lowest BCUT2D eigenvalue weighted by Gasteiger charge is -2.36. The average Bonchev–Trinajstić information content (AvgIpc) is 2.37. The van der Waals surface area contributed by atoms with Crippen LogP contribution >= 0.6 is 0 Å². The fourth-order valence-electron chi connectivity index (χ4n) is 2.63. The molecule has 1 atom stereocenters. The van der Waals surface area contributed by atoms with Gasteiger partial charge in [0, 0.05) is 24.8 Å². The van der Waals surface area contributed by atoms with Crippen LogP contribution < -0.4 is 10.2 Å². The molecule has 1 N–H and O–H groups in total. The van der Waals surface area contributed by atoms with Gasteiger partial charge in [0.05, 0.1) is 12.2 Å². The Kier molecular flexibility index (Phi) is 4.48. The summed E-state index contributed by atoms with van der Waals surface area (Å²) < 4.78 is 5.84. The van der Waals surface area contributed by atoms with Crippen LogP contribution in [0.5, 0.6) is 0 Å². The molecule has 1 aromatic carbocycles. The minimum absolute atomic E-state index is 0.0528. The third kappa shape index (κ3) is 3.71. The molecule has 106 valence electrons. The molecule has 1 aliphatic rings. The van der Waals surface area contributed by atoms with E-state index in [0.29, 0.717) is 6.04 Å². The van der Waals surface area contributed by atoms with Crippen molar-refractivity contribution in [2.75, 3.05) is 31.6 Å². The van der Waals surface area contributed by atoms with Gasteiger partial charge in [-0.1, -0.05) is 18.2 Å². The molecular weight excluding hydrogens is 236 g/mol. The summed E-state index contributed by atoms with van der Waals surface area (Å²) in [5.41, 5.74) is 2.71. The van der Waals surface area contributed by atoms with E-state index in [4.69, 9.17) is 4.74 Å². The summed E-state index contributed by atoms with van der Waals surface area (Å²) in [6.45, 7) is 9.15. The molecular formula is C16H26N2O. The highest BCUT2D eigenvalue weighted by atomic mass is 16.5. The van der Waals surface area contributed by atoms with Gasteiger partial charge in [-0.2, -0.15) is 0 Å². The number of nitrogens with one attached hydrogen (secondary N) is 1. The lowest BCUT2D eigenvalue weighted by molar-refractivity contribution is 0.00122. The fourth-order valence-corrected chi connectivity index (χ4v) is 2.63. The molecule has 2 rings (SSSR count). The molecule has 1 heterocycles. The Morgan fingerprint density at radius 3 is 2.74 bits per heavy atom. The molecule has 0 aliphatic carbocycles. The van der Waals surface area contributed by atoms with Crippen molar-refractivity contribution in [3.05, 3.63) is 29.8 Å². The van der Waals surface area contributed by atoms with E-state index in [1.165, 1.54) is 11.3 Å². The number of para-hydroxylation sites is 1. The topological polar surface area (TPSA) is 24.5 Å². The largest absolute Gasteiger partial charge is 0.374 e. The van der Waals surface area contributed by atoms with E-state index in [1.54, 1.807) is 0 Å². The van der Waals surface area contributed by atoms with Gasteiger partial charge in [0.25, 0.3) is 0 Å². The number of anilines is 1. The van der Waals surface area contributed by atoms with Crippen LogP contribution in [0.3, 0.4) is 0 Å². The van der Waals surface area contributed by atoms with Crippen molar-refractivity contribution >= 4 is 5.69 Å². The Bertz CT molecular complexity index is 411. The summed E-state index contributed by atoms with van der Waals surface area (Å²) in [5, 5.41) is 3.40. The Hall–Kier alpha value is -1.06. The minimum atomic E-state index is -0.0528. The maximum atomic E-state index is 5.84. The molecule has 0 saturated carbocycles. The van der Waals surface area contributed by atoms with E-state index >= 15 is 0 Å². The molecule has 3 nitrogen and oxygen atoms in total. The summed E-state index contributed by atoms with van der Waals surface area (Å²) in [4.78, 5) is 2.44. The van der Waals surface area contributed by atoms with Gasteiger partial charge in [0.1, 0.15) is 0 Å². The van der Waals surface area contributed by atoms with Crippen LogP contribution in [0.25, 0.3) is 0 Å². The van der Waals surface area contributed by atoms with Crippen molar-refractivity contribution in [1.29, 1.82) is 0 Å². The molecule has 1 aliphatic heterocycles. The van der Waals surface area contributed by atoms with Crippen molar-refractivity contribution in [1.82, 2.24) is 5.32 Å². The van der Waals surface area contributed by atoms with Crippen LogP contribution in [0.1, 0.15) is 38.8 Å². The summed E-state index contributed by atoms with van der Waals surface area (Å²) in [6, 6.07) is 9.17. The first-order valence-corrected chi connectivity index (χ1v) is 7.16. The average molecular weight is 262 g/mol. The Morgan fingerprint density at radius 1 is 1.32 bits per heavy atom. The van der Waals surface area contributed by atoms with Gasteiger partial charge < -0.3 is 15.0 Å². The standard InChI is InChI=1S/C16H26N2O/c1-16(2,3)19-12-11-18-10-9-14(17-4)13-7-5-6-8-15(13)18/h5-8,14,17H,9-12H2,1-4H3. The number of fused-ring (bicyclic) bond motifs is 1. The molecule has 0 aromatic heterocycles. The van der Waals surface area contributed by atoms with E-state index in [9.17, 15) is 0 Å². The van der Waals surface area contributed by atoms with Crippen LogP contribution in [-0.4, -0.2) is 32.3 Å². The third-order valence-corrected chi connectivity index (χ3v) is 3.59. The highest BCUT2D eigenvalue weighted by Gasteiger charge is 2.23. The maximum absolute atomic E-state index is 5.84. The smallest absolute Gasteiger partial charge is 0.0648 e. The number of benzene rings is 1. The monoisotopic (exact) mass is 262 g/mol. The van der Waals surface area contributed by atoms with Crippen LogP contribution in [0.15, 0.2) is 24.3 Å². The minimum Gasteiger partial charge on any atom is -0.374 e. The van der Waals surface area contributed by atoms with Crippen LogP contribution in [0.4, 0.5) is 5.69 Å². The maximum Gasteiger partial charge on any atom is 0.0648 e. The fraction of sp³-hybridized carbons (Fsp3) is 0.625. The van der Waals surface area contributed by atoms with E-state index < -0.39 is 0 Å². The molecule has 0 bridgehead atoms. The first-order valence-electron chi connectivity index (χ1n) is 7.16. The second-order valence-electron chi connectivity index (χ2n) is 6.14. The number of hydrogen-bond acceptors (Lipinski definition) is 3. The second kappa shape index (κ2) is 5.93. The highest BCUT2D eigenvalue weighted by molar-refractivity contribution is 5.56. The van der Waals surface area contributed by atoms with Crippen molar-refractivity contribution < 1.29 is 4.74 Å². The SMILES string of the molecule is CNC1CCN(CCOC(C)(C)C)c2ccccc21. The Labute approximate surface area is 116 Å². The number of hydrogen-bond donors (Lipinski definition) is 1. The molecule has 19 heavy (non-hydrogen) atoms. The predicted octanol–water partition coefficient (Wildman–Crippen LogP) is 2.97. The molecule has 0 amide bonds. The Balaban J connectivity index is 2.03. The van der Waals surface area contributed by atoms with E-state index in [1.807, 2.05) is 7.05 Å². The number of rotatable bonds is 4. The Morgan fingerprint density at radius 2 is 2.05 bits per heavy atom. The van der Waals surface area contributed by atoms with Crippen molar-refractivity contribution in [3.63, 3.8) is 0 Å². The van der Waals surface area contributed by atoms with Crippen LogP contribution in [-0.2, 0) is 4.74 Å². The molecule has 0 fully saturated rings. The summed E-state index contributed by atoms with van der Waals surface area (Å²) >= 11 is 0. The van der Waals surface area contributed by atoms with Gasteiger partial charge in [-0.3, -0.25) is 0 Å².